The molecule has 0 unspecified atom stereocenters. The molecule has 2 atom stereocenters. The largest absolute Gasteiger partial charge is 0.453 e. The van der Waals surface area contributed by atoms with Crippen molar-refractivity contribution in [2.75, 3.05) is 18.6 Å². The number of amides is 2. The highest BCUT2D eigenvalue weighted by atomic mass is 19.4. The van der Waals surface area contributed by atoms with Crippen LogP contribution in [0, 0.1) is 0 Å². The number of benzene rings is 2. The summed E-state index contributed by atoms with van der Waals surface area (Å²) in [5, 5.41) is 0. The van der Waals surface area contributed by atoms with Crippen molar-refractivity contribution in [1.29, 1.82) is 0 Å². The number of methoxy groups -OCH3 is 1. The molecule has 0 saturated heterocycles. The van der Waals surface area contributed by atoms with Crippen LogP contribution < -0.4 is 4.90 Å². The van der Waals surface area contributed by atoms with E-state index >= 15 is 0 Å². The van der Waals surface area contributed by atoms with E-state index in [0.29, 0.717) is 30.0 Å². The Labute approximate surface area is 220 Å². The van der Waals surface area contributed by atoms with Gasteiger partial charge in [0.25, 0.3) is 0 Å². The van der Waals surface area contributed by atoms with E-state index in [1.807, 2.05) is 0 Å². The summed E-state index contributed by atoms with van der Waals surface area (Å²) in [7, 11) is 1.07. The van der Waals surface area contributed by atoms with Gasteiger partial charge in [-0.15, -0.1) is 0 Å². The number of fused-ring (bicyclic) bond motifs is 2. The van der Waals surface area contributed by atoms with Crippen LogP contribution in [0.2, 0.25) is 0 Å². The molecule has 2 aliphatic heterocycles. The van der Waals surface area contributed by atoms with Crippen molar-refractivity contribution in [3.8, 4) is 0 Å². The van der Waals surface area contributed by atoms with Crippen LogP contribution in [-0.2, 0) is 46.3 Å². The maximum atomic E-state index is 13.5. The lowest BCUT2D eigenvalue weighted by Crippen LogP contribution is -2.47. The Hall–Kier alpha value is -3.48. The van der Waals surface area contributed by atoms with Crippen molar-refractivity contribution in [3.63, 3.8) is 0 Å². The number of anilines is 1. The second-order valence-corrected chi connectivity index (χ2v) is 9.35. The summed E-state index contributed by atoms with van der Waals surface area (Å²) in [4.78, 5) is 28.3. The van der Waals surface area contributed by atoms with Gasteiger partial charge in [-0.3, -0.25) is 9.80 Å². The van der Waals surface area contributed by atoms with E-state index in [1.165, 1.54) is 4.90 Å². The number of halogens is 6. The Morgan fingerprint density at radius 1 is 1.00 bits per heavy atom. The van der Waals surface area contributed by atoms with Gasteiger partial charge in [0.1, 0.15) is 0 Å². The van der Waals surface area contributed by atoms with E-state index in [-0.39, 0.29) is 31.3 Å². The zero-order valence-electron chi connectivity index (χ0n) is 21.3. The summed E-state index contributed by atoms with van der Waals surface area (Å²) in [6.45, 7) is 3.42. The van der Waals surface area contributed by atoms with Gasteiger partial charge in [-0.1, -0.05) is 0 Å². The van der Waals surface area contributed by atoms with Gasteiger partial charge in [0.15, 0.2) is 0 Å². The Balaban J connectivity index is 1.83. The van der Waals surface area contributed by atoms with Crippen molar-refractivity contribution >= 4 is 17.9 Å². The van der Waals surface area contributed by atoms with Gasteiger partial charge in [0, 0.05) is 12.6 Å². The Kier molecular flexibility index (Phi) is 7.75. The van der Waals surface area contributed by atoms with Crippen molar-refractivity contribution in [3.05, 3.63) is 63.7 Å². The molecule has 0 fully saturated rings. The molecule has 0 bridgehead atoms. The lowest BCUT2D eigenvalue weighted by molar-refractivity contribution is -0.143. The van der Waals surface area contributed by atoms with Crippen LogP contribution in [0.4, 0.5) is 41.6 Å². The summed E-state index contributed by atoms with van der Waals surface area (Å²) < 4.78 is 96.5. The SMILES string of the molecule is CCOC(=O)N1c2cc3c(cc2[C@@H](N(Cc2cc(C(F)(F)F)cc(C(F)(F)F)c2)C(=O)OC)C[C@H]1C)COC3. The van der Waals surface area contributed by atoms with E-state index in [2.05, 4.69) is 0 Å². The fraction of sp³-hybridized carbons (Fsp3) is 0.462. The van der Waals surface area contributed by atoms with E-state index in [0.717, 1.165) is 23.1 Å². The molecule has 0 radical (unpaired) electrons. The molecule has 39 heavy (non-hydrogen) atoms. The number of carbonyl (C=O) groups excluding carboxylic acids is 2. The van der Waals surface area contributed by atoms with Crippen LogP contribution in [-0.4, -0.2) is 36.8 Å². The molecule has 2 amide bonds. The number of alkyl halides is 6. The monoisotopic (exact) mass is 560 g/mol. The molecule has 13 heteroatoms. The van der Waals surface area contributed by atoms with Crippen LogP contribution in [0.15, 0.2) is 30.3 Å². The Morgan fingerprint density at radius 3 is 2.13 bits per heavy atom. The van der Waals surface area contributed by atoms with Crippen molar-refractivity contribution in [2.45, 2.75) is 64.5 Å². The third kappa shape index (κ3) is 5.77. The predicted octanol–water partition coefficient (Wildman–Crippen LogP) is 6.82. The third-order valence-electron chi connectivity index (χ3n) is 6.74. The zero-order chi connectivity index (χ0) is 28.7. The number of hydrogen-bond acceptors (Lipinski definition) is 5. The first-order chi connectivity index (χ1) is 18.2. The molecule has 0 spiro atoms. The van der Waals surface area contributed by atoms with E-state index < -0.39 is 54.3 Å². The number of rotatable bonds is 4. The highest BCUT2D eigenvalue weighted by Crippen LogP contribution is 2.44. The van der Waals surface area contributed by atoms with Gasteiger partial charge in [0.2, 0.25) is 0 Å². The highest BCUT2D eigenvalue weighted by Gasteiger charge is 2.41. The van der Waals surface area contributed by atoms with Crippen LogP contribution in [0.25, 0.3) is 0 Å². The van der Waals surface area contributed by atoms with Gasteiger partial charge < -0.3 is 14.2 Å². The van der Waals surface area contributed by atoms with Crippen LogP contribution in [0.1, 0.15) is 59.7 Å². The van der Waals surface area contributed by atoms with Gasteiger partial charge in [0.05, 0.1) is 49.8 Å². The summed E-state index contributed by atoms with van der Waals surface area (Å²) in [5.74, 6) is 0. The molecule has 2 aromatic carbocycles. The fourth-order valence-electron chi connectivity index (χ4n) is 5.00. The minimum Gasteiger partial charge on any atom is -0.453 e. The lowest BCUT2D eigenvalue weighted by Gasteiger charge is -2.42. The normalized spacial score (nSPS) is 18.8. The van der Waals surface area contributed by atoms with Gasteiger partial charge >= 0.3 is 24.5 Å². The molecule has 2 aromatic rings. The number of carbonyl (C=O) groups is 2. The van der Waals surface area contributed by atoms with Crippen LogP contribution >= 0.6 is 0 Å². The maximum absolute atomic E-state index is 13.5. The van der Waals surface area contributed by atoms with Crippen LogP contribution in [0.3, 0.4) is 0 Å². The Bertz CT molecular complexity index is 1230. The molecule has 4 rings (SSSR count). The average Bonchev–Trinajstić information content (AvgIpc) is 3.31. The first-order valence-electron chi connectivity index (χ1n) is 12.1. The quantitative estimate of drug-likeness (QED) is 0.384. The Morgan fingerprint density at radius 2 is 1.59 bits per heavy atom. The topological polar surface area (TPSA) is 68.3 Å². The first kappa shape index (κ1) is 28.5. The molecule has 212 valence electrons. The zero-order valence-corrected chi connectivity index (χ0v) is 21.3. The number of nitrogens with zero attached hydrogens (tertiary/aromatic N) is 2. The third-order valence-corrected chi connectivity index (χ3v) is 6.74. The predicted molar refractivity (Wildman–Crippen MR) is 126 cm³/mol. The fourth-order valence-corrected chi connectivity index (χ4v) is 5.00. The standard InChI is InChI=1S/C26H26F6N2O5/c1-4-39-24(36)34-14(2)5-21(20-8-16-12-38-13-17(16)9-22(20)34)33(23(35)37-3)11-15-6-18(25(27,28)29)10-19(7-15)26(30,31)32/h6-10,14,21H,4-5,11-13H2,1-3H3/t14-,21+/m1/s1. The first-order valence-corrected chi connectivity index (χ1v) is 12.1. The molecular formula is C26H26F6N2O5. The van der Waals surface area contributed by atoms with Crippen LogP contribution in [0.5, 0.6) is 0 Å². The highest BCUT2D eigenvalue weighted by molar-refractivity contribution is 5.91. The van der Waals surface area contributed by atoms with Crippen molar-refractivity contribution in [2.24, 2.45) is 0 Å². The smallest absolute Gasteiger partial charge is 0.416 e. The molecular weight excluding hydrogens is 534 g/mol. The maximum Gasteiger partial charge on any atom is 0.416 e. The second-order valence-electron chi connectivity index (χ2n) is 9.35. The van der Waals surface area contributed by atoms with Gasteiger partial charge in [-0.25, -0.2) is 9.59 Å². The average molecular weight is 560 g/mol. The molecule has 2 heterocycles. The summed E-state index contributed by atoms with van der Waals surface area (Å²) in [6.07, 6.45) is -11.5. The lowest BCUT2D eigenvalue weighted by atomic mass is 9.88. The second kappa shape index (κ2) is 10.6. The molecule has 0 N–H and O–H groups in total. The minimum absolute atomic E-state index is 0.0322. The van der Waals surface area contributed by atoms with Crippen molar-refractivity contribution in [1.82, 2.24) is 4.90 Å². The molecule has 2 aliphatic rings. The molecule has 7 nitrogen and oxygen atoms in total. The minimum atomic E-state index is -5.04. The number of hydrogen-bond donors (Lipinski definition) is 0. The summed E-state index contributed by atoms with van der Waals surface area (Å²) in [5.41, 5.74) is -0.868. The molecule has 0 aliphatic carbocycles. The van der Waals surface area contributed by atoms with E-state index in [4.69, 9.17) is 14.2 Å². The number of ether oxygens (including phenoxy) is 3. The summed E-state index contributed by atoms with van der Waals surface area (Å²) >= 11 is 0. The van der Waals surface area contributed by atoms with E-state index in [1.54, 1.807) is 26.0 Å². The van der Waals surface area contributed by atoms with Gasteiger partial charge in [-0.05, 0) is 72.9 Å². The summed E-state index contributed by atoms with van der Waals surface area (Å²) in [6, 6.07) is 3.29. The molecule has 0 saturated carbocycles. The van der Waals surface area contributed by atoms with Gasteiger partial charge in [-0.2, -0.15) is 26.3 Å². The van der Waals surface area contributed by atoms with Crippen molar-refractivity contribution < 1.29 is 50.1 Å². The molecule has 0 aromatic heterocycles. The van der Waals surface area contributed by atoms with E-state index in [9.17, 15) is 35.9 Å².